The van der Waals surface area contributed by atoms with Crippen LogP contribution in [0.3, 0.4) is 0 Å². The van der Waals surface area contributed by atoms with Crippen molar-refractivity contribution in [1.82, 2.24) is 4.90 Å². The summed E-state index contributed by atoms with van der Waals surface area (Å²) < 4.78 is 10.2. The maximum Gasteiger partial charge on any atom is 0.0900 e. The standard InChI is InChI=1S/C13H28N2O3/c1-11-4-3-5-15(13(11)8-14)9-12(16)10-18-7-6-17-2/h11-13,16H,3-10,14H2,1-2H3. The minimum Gasteiger partial charge on any atom is -0.389 e. The van der Waals surface area contributed by atoms with Crippen molar-refractivity contribution in [3.8, 4) is 0 Å². The van der Waals surface area contributed by atoms with Crippen molar-refractivity contribution < 1.29 is 14.6 Å². The minimum absolute atomic E-state index is 0.367. The van der Waals surface area contributed by atoms with Crippen LogP contribution in [0.5, 0.6) is 0 Å². The first kappa shape index (κ1) is 15.9. The van der Waals surface area contributed by atoms with Gasteiger partial charge in [0.2, 0.25) is 0 Å². The van der Waals surface area contributed by atoms with E-state index in [4.69, 9.17) is 15.2 Å². The van der Waals surface area contributed by atoms with Gasteiger partial charge in [0, 0.05) is 26.2 Å². The zero-order valence-electron chi connectivity index (χ0n) is 11.7. The van der Waals surface area contributed by atoms with Gasteiger partial charge in [-0.3, -0.25) is 4.90 Å². The van der Waals surface area contributed by atoms with Gasteiger partial charge in [-0.15, -0.1) is 0 Å². The summed E-state index contributed by atoms with van der Waals surface area (Å²) in [7, 11) is 1.64. The number of hydrogen-bond acceptors (Lipinski definition) is 5. The van der Waals surface area contributed by atoms with E-state index in [-0.39, 0.29) is 0 Å². The second-order valence-electron chi connectivity index (χ2n) is 5.14. The van der Waals surface area contributed by atoms with Crippen molar-refractivity contribution in [3.63, 3.8) is 0 Å². The van der Waals surface area contributed by atoms with Gasteiger partial charge in [0.05, 0.1) is 25.9 Å². The smallest absolute Gasteiger partial charge is 0.0900 e. The first-order chi connectivity index (χ1) is 8.69. The van der Waals surface area contributed by atoms with Crippen molar-refractivity contribution in [2.24, 2.45) is 11.7 Å². The van der Waals surface area contributed by atoms with Crippen LogP contribution in [0.2, 0.25) is 0 Å². The maximum absolute atomic E-state index is 9.95. The molecular formula is C13H28N2O3. The van der Waals surface area contributed by atoms with Crippen molar-refractivity contribution in [2.45, 2.75) is 31.9 Å². The van der Waals surface area contributed by atoms with Crippen LogP contribution in [-0.4, -0.2) is 68.7 Å². The summed E-state index contributed by atoms with van der Waals surface area (Å²) in [5.41, 5.74) is 5.83. The second kappa shape index (κ2) is 8.82. The fourth-order valence-corrected chi connectivity index (χ4v) is 2.63. The van der Waals surface area contributed by atoms with Crippen LogP contribution in [0.15, 0.2) is 0 Å². The number of rotatable bonds is 8. The maximum atomic E-state index is 9.95. The number of nitrogens with two attached hydrogens (primary N) is 1. The SMILES string of the molecule is COCCOCC(O)CN1CCCC(C)C1CN. The van der Waals surface area contributed by atoms with Gasteiger partial charge >= 0.3 is 0 Å². The van der Waals surface area contributed by atoms with Gasteiger partial charge in [0.1, 0.15) is 0 Å². The molecule has 108 valence electrons. The van der Waals surface area contributed by atoms with Crippen molar-refractivity contribution in [1.29, 1.82) is 0 Å². The molecule has 1 saturated heterocycles. The predicted octanol–water partition coefficient (Wildman–Crippen LogP) is 0.0695. The van der Waals surface area contributed by atoms with E-state index in [1.165, 1.54) is 12.8 Å². The summed E-state index contributed by atoms with van der Waals surface area (Å²) in [5, 5.41) is 9.95. The minimum atomic E-state index is -0.443. The Kier molecular flexibility index (Phi) is 7.77. The van der Waals surface area contributed by atoms with Crippen LogP contribution in [0.25, 0.3) is 0 Å². The molecule has 0 aliphatic carbocycles. The molecule has 1 aliphatic rings. The van der Waals surface area contributed by atoms with E-state index in [0.717, 1.165) is 6.54 Å². The Bertz CT molecular complexity index is 216. The quantitative estimate of drug-likeness (QED) is 0.605. The number of methoxy groups -OCH3 is 1. The van der Waals surface area contributed by atoms with E-state index in [2.05, 4.69) is 11.8 Å². The lowest BCUT2D eigenvalue weighted by Crippen LogP contribution is -2.51. The summed E-state index contributed by atoms with van der Waals surface area (Å²) in [6, 6.07) is 0.396. The molecule has 1 aliphatic heterocycles. The third-order valence-electron chi connectivity index (χ3n) is 3.66. The lowest BCUT2D eigenvalue weighted by atomic mass is 9.90. The summed E-state index contributed by atoms with van der Waals surface area (Å²) in [6.45, 7) is 6.05. The van der Waals surface area contributed by atoms with E-state index in [0.29, 0.717) is 44.9 Å². The summed E-state index contributed by atoms with van der Waals surface area (Å²) in [5.74, 6) is 0.616. The summed E-state index contributed by atoms with van der Waals surface area (Å²) in [4.78, 5) is 2.30. The number of aliphatic hydroxyl groups is 1. The van der Waals surface area contributed by atoms with Gasteiger partial charge in [-0.05, 0) is 25.3 Å². The van der Waals surface area contributed by atoms with Gasteiger partial charge in [-0.25, -0.2) is 0 Å². The molecule has 0 radical (unpaired) electrons. The topological polar surface area (TPSA) is 68.0 Å². The number of piperidine rings is 1. The Hall–Kier alpha value is -0.200. The lowest BCUT2D eigenvalue weighted by molar-refractivity contribution is -0.0159. The van der Waals surface area contributed by atoms with Crippen LogP contribution in [0, 0.1) is 5.92 Å². The van der Waals surface area contributed by atoms with Crippen molar-refractivity contribution in [3.05, 3.63) is 0 Å². The zero-order chi connectivity index (χ0) is 13.4. The number of aliphatic hydroxyl groups excluding tert-OH is 1. The number of ether oxygens (including phenoxy) is 2. The number of likely N-dealkylation sites (tertiary alicyclic amines) is 1. The molecule has 0 saturated carbocycles. The highest BCUT2D eigenvalue weighted by Crippen LogP contribution is 2.22. The number of nitrogens with zero attached hydrogens (tertiary/aromatic N) is 1. The lowest BCUT2D eigenvalue weighted by Gasteiger charge is -2.40. The predicted molar refractivity (Wildman–Crippen MR) is 71.5 cm³/mol. The van der Waals surface area contributed by atoms with Crippen LogP contribution in [0.4, 0.5) is 0 Å². The first-order valence-corrected chi connectivity index (χ1v) is 6.88. The molecule has 1 rings (SSSR count). The molecule has 5 heteroatoms. The molecule has 0 aromatic carbocycles. The van der Waals surface area contributed by atoms with Crippen LogP contribution in [-0.2, 0) is 9.47 Å². The highest BCUT2D eigenvalue weighted by Gasteiger charge is 2.28. The fourth-order valence-electron chi connectivity index (χ4n) is 2.63. The Labute approximate surface area is 110 Å². The molecule has 0 aromatic rings. The van der Waals surface area contributed by atoms with Crippen molar-refractivity contribution in [2.75, 3.05) is 46.6 Å². The molecule has 3 unspecified atom stereocenters. The third kappa shape index (κ3) is 5.20. The van der Waals surface area contributed by atoms with Crippen LogP contribution < -0.4 is 5.73 Å². The Balaban J connectivity index is 2.26. The van der Waals surface area contributed by atoms with Gasteiger partial charge in [0.15, 0.2) is 0 Å². The molecule has 0 amide bonds. The van der Waals surface area contributed by atoms with Gasteiger partial charge in [-0.1, -0.05) is 6.92 Å². The Morgan fingerprint density at radius 2 is 2.22 bits per heavy atom. The molecule has 3 atom stereocenters. The van der Waals surface area contributed by atoms with Gasteiger partial charge < -0.3 is 20.3 Å². The van der Waals surface area contributed by atoms with Crippen molar-refractivity contribution >= 4 is 0 Å². The third-order valence-corrected chi connectivity index (χ3v) is 3.66. The number of β-amino-alcohol motifs (C(OH)–C–C–N with tert-alkyl or cyclic N) is 1. The number of hydrogen-bond donors (Lipinski definition) is 2. The Morgan fingerprint density at radius 1 is 1.44 bits per heavy atom. The fraction of sp³-hybridized carbons (Fsp3) is 1.00. The van der Waals surface area contributed by atoms with E-state index < -0.39 is 6.10 Å². The molecule has 18 heavy (non-hydrogen) atoms. The van der Waals surface area contributed by atoms with E-state index >= 15 is 0 Å². The molecule has 0 spiro atoms. The molecule has 5 nitrogen and oxygen atoms in total. The molecule has 0 aromatic heterocycles. The zero-order valence-corrected chi connectivity index (χ0v) is 11.7. The molecule has 3 N–H and O–H groups in total. The monoisotopic (exact) mass is 260 g/mol. The highest BCUT2D eigenvalue weighted by molar-refractivity contribution is 4.83. The Morgan fingerprint density at radius 3 is 2.89 bits per heavy atom. The summed E-state index contributed by atoms with van der Waals surface area (Å²) in [6.07, 6.45) is 1.98. The average molecular weight is 260 g/mol. The van der Waals surface area contributed by atoms with E-state index in [1.807, 2.05) is 0 Å². The summed E-state index contributed by atoms with van der Waals surface area (Å²) >= 11 is 0. The largest absolute Gasteiger partial charge is 0.389 e. The molecular weight excluding hydrogens is 232 g/mol. The molecule has 0 bridgehead atoms. The van der Waals surface area contributed by atoms with Gasteiger partial charge in [0.25, 0.3) is 0 Å². The normalized spacial score (nSPS) is 27.3. The van der Waals surface area contributed by atoms with E-state index in [1.54, 1.807) is 7.11 Å². The highest BCUT2D eigenvalue weighted by atomic mass is 16.5. The first-order valence-electron chi connectivity index (χ1n) is 6.88. The molecule has 1 heterocycles. The molecule has 1 fully saturated rings. The van der Waals surface area contributed by atoms with E-state index in [9.17, 15) is 5.11 Å². The van der Waals surface area contributed by atoms with Gasteiger partial charge in [-0.2, -0.15) is 0 Å². The van der Waals surface area contributed by atoms with Crippen LogP contribution >= 0.6 is 0 Å². The average Bonchev–Trinajstić information content (AvgIpc) is 2.35. The second-order valence-corrected chi connectivity index (χ2v) is 5.14. The van der Waals surface area contributed by atoms with Crippen LogP contribution in [0.1, 0.15) is 19.8 Å².